The molecule has 1 amide bonds. The van der Waals surface area contributed by atoms with Crippen LogP contribution in [-0.2, 0) is 20.7 Å². The maximum Gasteiger partial charge on any atom is 0.306 e. The van der Waals surface area contributed by atoms with Gasteiger partial charge < -0.3 is 10.1 Å². The first-order chi connectivity index (χ1) is 14.0. The molecule has 3 aromatic rings. The number of non-ortho nitro benzene ring substituents is 1. The van der Waals surface area contributed by atoms with Crippen LogP contribution in [0.25, 0.3) is 10.2 Å². The van der Waals surface area contributed by atoms with Crippen molar-refractivity contribution in [2.24, 2.45) is 0 Å². The summed E-state index contributed by atoms with van der Waals surface area (Å²) in [6.45, 7) is -0.527. The van der Waals surface area contributed by atoms with Crippen LogP contribution in [0.5, 0.6) is 0 Å². The van der Waals surface area contributed by atoms with Gasteiger partial charge in [0.1, 0.15) is 6.07 Å². The smallest absolute Gasteiger partial charge is 0.306 e. The Morgan fingerprint density at radius 3 is 2.79 bits per heavy atom. The number of rotatable bonds is 7. The Labute approximate surface area is 168 Å². The summed E-state index contributed by atoms with van der Waals surface area (Å²) in [4.78, 5) is 38.4. The first-order valence-corrected chi connectivity index (χ1v) is 9.26. The Hall–Kier alpha value is -3.84. The van der Waals surface area contributed by atoms with Crippen molar-refractivity contribution in [1.29, 1.82) is 5.26 Å². The minimum absolute atomic E-state index is 0.0605. The van der Waals surface area contributed by atoms with Crippen LogP contribution >= 0.6 is 11.3 Å². The maximum absolute atomic E-state index is 12.0. The molecule has 0 aliphatic heterocycles. The van der Waals surface area contributed by atoms with Crippen molar-refractivity contribution >= 4 is 44.8 Å². The highest BCUT2D eigenvalue weighted by Crippen LogP contribution is 2.23. The number of carbonyl (C=O) groups is 2. The van der Waals surface area contributed by atoms with E-state index in [1.165, 1.54) is 23.5 Å². The van der Waals surface area contributed by atoms with E-state index in [4.69, 9.17) is 10.00 Å². The van der Waals surface area contributed by atoms with Gasteiger partial charge in [-0.15, -0.1) is 11.3 Å². The van der Waals surface area contributed by atoms with Gasteiger partial charge in [-0.1, -0.05) is 12.1 Å². The SMILES string of the molecule is N#Cc1cc([N+](=O)[O-])ccc1NC(=O)COC(=O)CCc1nc2ccccc2s1. The van der Waals surface area contributed by atoms with Gasteiger partial charge in [0, 0.05) is 18.6 Å². The van der Waals surface area contributed by atoms with Crippen LogP contribution < -0.4 is 5.32 Å². The summed E-state index contributed by atoms with van der Waals surface area (Å²) >= 11 is 1.50. The van der Waals surface area contributed by atoms with Crippen molar-refractivity contribution in [3.05, 3.63) is 63.1 Å². The van der Waals surface area contributed by atoms with Gasteiger partial charge in [0.05, 0.1) is 37.8 Å². The number of hydrogen-bond acceptors (Lipinski definition) is 8. The van der Waals surface area contributed by atoms with Gasteiger partial charge in [0.15, 0.2) is 6.61 Å². The molecule has 2 aromatic carbocycles. The second kappa shape index (κ2) is 8.90. The molecule has 0 bridgehead atoms. The van der Waals surface area contributed by atoms with Gasteiger partial charge in [-0.3, -0.25) is 19.7 Å². The van der Waals surface area contributed by atoms with E-state index in [2.05, 4.69) is 10.3 Å². The number of nitriles is 1. The summed E-state index contributed by atoms with van der Waals surface area (Å²) in [5, 5.41) is 23.0. The number of esters is 1. The number of nitrogens with zero attached hydrogens (tertiary/aromatic N) is 3. The molecular weight excluding hydrogens is 396 g/mol. The number of aromatic nitrogens is 1. The molecule has 146 valence electrons. The fourth-order valence-corrected chi connectivity index (χ4v) is 3.45. The highest BCUT2D eigenvalue weighted by Gasteiger charge is 2.14. The standard InChI is InChI=1S/C19H14N4O5S/c20-10-12-9-13(23(26)27)5-6-14(12)21-17(24)11-28-19(25)8-7-18-22-15-3-1-2-4-16(15)29-18/h1-6,9H,7-8,11H2,(H,21,24). The van der Waals surface area contributed by atoms with E-state index in [0.29, 0.717) is 6.42 Å². The van der Waals surface area contributed by atoms with E-state index >= 15 is 0 Å². The molecular formula is C19H14N4O5S. The predicted octanol–water partition coefficient (Wildman–Crippen LogP) is 3.19. The first-order valence-electron chi connectivity index (χ1n) is 8.44. The number of para-hydroxylation sites is 1. The van der Waals surface area contributed by atoms with Crippen LogP contribution in [0.15, 0.2) is 42.5 Å². The number of anilines is 1. The zero-order valence-corrected chi connectivity index (χ0v) is 15.8. The fraction of sp³-hybridized carbons (Fsp3) is 0.158. The lowest BCUT2D eigenvalue weighted by Gasteiger charge is -2.07. The number of benzene rings is 2. The highest BCUT2D eigenvalue weighted by molar-refractivity contribution is 7.18. The van der Waals surface area contributed by atoms with Crippen LogP contribution in [-0.4, -0.2) is 28.4 Å². The quantitative estimate of drug-likeness (QED) is 0.359. The molecule has 0 aliphatic carbocycles. The molecule has 29 heavy (non-hydrogen) atoms. The number of fused-ring (bicyclic) bond motifs is 1. The molecule has 1 N–H and O–H groups in total. The Bertz CT molecular complexity index is 1100. The lowest BCUT2D eigenvalue weighted by Crippen LogP contribution is -2.21. The summed E-state index contributed by atoms with van der Waals surface area (Å²) < 4.78 is 5.98. The van der Waals surface area contributed by atoms with Crippen molar-refractivity contribution in [3.63, 3.8) is 0 Å². The number of nitro benzene ring substituents is 1. The van der Waals surface area contributed by atoms with E-state index in [-0.39, 0.29) is 23.4 Å². The van der Waals surface area contributed by atoms with Crippen molar-refractivity contribution in [2.75, 3.05) is 11.9 Å². The summed E-state index contributed by atoms with van der Waals surface area (Å²) in [5.41, 5.74) is 0.654. The monoisotopic (exact) mass is 410 g/mol. The molecule has 3 rings (SSSR count). The largest absolute Gasteiger partial charge is 0.456 e. The van der Waals surface area contributed by atoms with Crippen molar-refractivity contribution in [2.45, 2.75) is 12.8 Å². The van der Waals surface area contributed by atoms with Crippen molar-refractivity contribution < 1.29 is 19.2 Å². The summed E-state index contributed by atoms with van der Waals surface area (Å²) in [6, 6.07) is 12.9. The molecule has 0 spiro atoms. The third kappa shape index (κ3) is 5.12. The Morgan fingerprint density at radius 2 is 2.07 bits per heavy atom. The van der Waals surface area contributed by atoms with Crippen LogP contribution in [0.3, 0.4) is 0 Å². The molecule has 0 unspecified atom stereocenters. The maximum atomic E-state index is 12.0. The average molecular weight is 410 g/mol. The number of aryl methyl sites for hydroxylation is 1. The van der Waals surface area contributed by atoms with Crippen LogP contribution in [0.4, 0.5) is 11.4 Å². The van der Waals surface area contributed by atoms with Crippen LogP contribution in [0.2, 0.25) is 0 Å². The molecule has 0 fully saturated rings. The minimum Gasteiger partial charge on any atom is -0.456 e. The van der Waals surface area contributed by atoms with E-state index < -0.39 is 23.4 Å². The van der Waals surface area contributed by atoms with Crippen LogP contribution in [0, 0.1) is 21.4 Å². The van der Waals surface area contributed by atoms with Gasteiger partial charge in [-0.05, 0) is 18.2 Å². The van der Waals surface area contributed by atoms with Gasteiger partial charge in [-0.25, -0.2) is 4.98 Å². The van der Waals surface area contributed by atoms with E-state index in [1.54, 1.807) is 6.07 Å². The summed E-state index contributed by atoms with van der Waals surface area (Å²) in [6.07, 6.45) is 0.481. The number of nitrogens with one attached hydrogen (secondary N) is 1. The summed E-state index contributed by atoms with van der Waals surface area (Å²) in [5.74, 6) is -1.20. The third-order valence-corrected chi connectivity index (χ3v) is 4.95. The molecule has 1 aromatic heterocycles. The van der Waals surface area contributed by atoms with E-state index in [0.717, 1.165) is 21.3 Å². The Balaban J connectivity index is 1.49. The minimum atomic E-state index is -0.649. The molecule has 10 heteroatoms. The fourth-order valence-electron chi connectivity index (χ4n) is 2.49. The lowest BCUT2D eigenvalue weighted by molar-refractivity contribution is -0.384. The first kappa shape index (κ1) is 19.9. The highest BCUT2D eigenvalue weighted by atomic mass is 32.1. The van der Waals surface area contributed by atoms with Gasteiger partial charge in [0.25, 0.3) is 11.6 Å². The number of carbonyl (C=O) groups excluding carboxylic acids is 2. The third-order valence-electron chi connectivity index (χ3n) is 3.85. The molecule has 0 aliphatic rings. The zero-order valence-electron chi connectivity index (χ0n) is 15.0. The number of amides is 1. The molecule has 0 saturated heterocycles. The zero-order chi connectivity index (χ0) is 20.8. The Morgan fingerprint density at radius 1 is 1.28 bits per heavy atom. The molecule has 0 saturated carbocycles. The number of nitro groups is 1. The topological polar surface area (TPSA) is 135 Å². The molecule has 0 radical (unpaired) electrons. The van der Waals surface area contributed by atoms with Gasteiger partial charge in [0.2, 0.25) is 0 Å². The van der Waals surface area contributed by atoms with Crippen molar-refractivity contribution in [3.8, 4) is 6.07 Å². The Kier molecular flexibility index (Phi) is 6.11. The number of hydrogen-bond donors (Lipinski definition) is 1. The van der Waals surface area contributed by atoms with Crippen molar-refractivity contribution in [1.82, 2.24) is 4.98 Å². The second-order valence-electron chi connectivity index (χ2n) is 5.88. The second-order valence-corrected chi connectivity index (χ2v) is 7.00. The summed E-state index contributed by atoms with van der Waals surface area (Å²) in [7, 11) is 0. The number of ether oxygens (including phenoxy) is 1. The normalized spacial score (nSPS) is 10.3. The van der Waals surface area contributed by atoms with Gasteiger partial charge >= 0.3 is 5.97 Å². The predicted molar refractivity (Wildman–Crippen MR) is 105 cm³/mol. The molecule has 9 nitrogen and oxygen atoms in total. The average Bonchev–Trinajstić information content (AvgIpc) is 3.14. The van der Waals surface area contributed by atoms with Gasteiger partial charge in [-0.2, -0.15) is 5.26 Å². The lowest BCUT2D eigenvalue weighted by atomic mass is 10.1. The molecule has 1 heterocycles. The van der Waals surface area contributed by atoms with Crippen LogP contribution in [0.1, 0.15) is 17.0 Å². The molecule has 0 atom stereocenters. The van der Waals surface area contributed by atoms with E-state index in [9.17, 15) is 19.7 Å². The van der Waals surface area contributed by atoms with E-state index in [1.807, 2.05) is 24.3 Å². The number of thiazole rings is 1.